The minimum Gasteiger partial charge on any atom is -0.320 e. The minimum atomic E-state index is -0.647. The van der Waals surface area contributed by atoms with Crippen LogP contribution in [0.1, 0.15) is 17.9 Å². The Morgan fingerprint density at radius 2 is 1.91 bits per heavy atom. The van der Waals surface area contributed by atoms with E-state index in [9.17, 15) is 14.4 Å². The Labute approximate surface area is 202 Å². The second-order valence-electron chi connectivity index (χ2n) is 9.20. The molecular formula is C25H25N7O3. The molecule has 0 radical (unpaired) electrons. The highest BCUT2D eigenvalue weighted by atomic mass is 16.2. The summed E-state index contributed by atoms with van der Waals surface area (Å²) in [5.74, 6) is -0.0327. The molecule has 3 fully saturated rings. The molecule has 2 saturated heterocycles. The van der Waals surface area contributed by atoms with Crippen molar-refractivity contribution in [3.05, 3.63) is 66.6 Å². The van der Waals surface area contributed by atoms with Crippen molar-refractivity contribution in [2.75, 3.05) is 25.0 Å². The molecule has 0 spiro atoms. The molecule has 3 aromatic rings. The Morgan fingerprint density at radius 3 is 2.69 bits per heavy atom. The van der Waals surface area contributed by atoms with E-state index < -0.39 is 6.04 Å². The first-order valence-corrected chi connectivity index (χ1v) is 11.7. The molecule has 35 heavy (non-hydrogen) atoms. The average Bonchev–Trinajstić information content (AvgIpc) is 3.47. The number of fused-ring (bicyclic) bond motifs is 1. The number of urea groups is 2. The minimum absolute atomic E-state index is 0.109. The number of carbonyl (C=O) groups is 3. The van der Waals surface area contributed by atoms with Crippen LogP contribution >= 0.6 is 0 Å². The fraction of sp³-hybridized carbons (Fsp3) is 0.320. The number of amides is 5. The van der Waals surface area contributed by atoms with Crippen LogP contribution in [0, 0.1) is 0 Å². The topological polar surface area (TPSA) is 104 Å². The summed E-state index contributed by atoms with van der Waals surface area (Å²) in [6, 6.07) is 12.2. The van der Waals surface area contributed by atoms with Crippen molar-refractivity contribution in [3.63, 3.8) is 0 Å². The zero-order chi connectivity index (χ0) is 24.1. The number of aromatic nitrogens is 3. The first-order chi connectivity index (χ1) is 17.0. The number of hydrogen-bond acceptors (Lipinski definition) is 5. The lowest BCUT2D eigenvalue weighted by Gasteiger charge is -2.35. The van der Waals surface area contributed by atoms with E-state index in [4.69, 9.17) is 0 Å². The van der Waals surface area contributed by atoms with Crippen LogP contribution in [0.15, 0.2) is 61.1 Å². The summed E-state index contributed by atoms with van der Waals surface area (Å²) in [5, 5.41) is 7.11. The normalized spacial score (nSPS) is 23.5. The van der Waals surface area contributed by atoms with E-state index in [1.807, 2.05) is 43.6 Å². The van der Waals surface area contributed by atoms with Crippen molar-refractivity contribution in [1.29, 1.82) is 0 Å². The van der Waals surface area contributed by atoms with E-state index >= 15 is 0 Å². The molecule has 0 bridgehead atoms. The van der Waals surface area contributed by atoms with Crippen LogP contribution < -0.4 is 5.32 Å². The first-order valence-electron chi connectivity index (χ1n) is 11.7. The SMILES string of the molecule is Cn1cc(-c2ncccc2NC(=O)N2CCN3C(=O)N([C@H]4C[C@@H]4c4ccccc4)C(=O)C3C2)cn1. The third kappa shape index (κ3) is 3.71. The van der Waals surface area contributed by atoms with Gasteiger partial charge >= 0.3 is 12.1 Å². The quantitative estimate of drug-likeness (QED) is 0.589. The fourth-order valence-corrected chi connectivity index (χ4v) is 5.11. The third-order valence-corrected chi connectivity index (χ3v) is 6.99. The fourth-order valence-electron chi connectivity index (χ4n) is 5.11. The number of rotatable bonds is 4. The number of piperazine rings is 1. The van der Waals surface area contributed by atoms with Crippen LogP contribution in [-0.4, -0.2) is 79.2 Å². The molecule has 5 amide bonds. The highest BCUT2D eigenvalue weighted by Crippen LogP contribution is 2.46. The molecule has 2 aliphatic heterocycles. The number of nitrogens with zero attached hydrogens (tertiary/aromatic N) is 6. The molecule has 10 nitrogen and oxygen atoms in total. The van der Waals surface area contributed by atoms with Gasteiger partial charge in [-0.05, 0) is 24.1 Å². The van der Waals surface area contributed by atoms with Crippen LogP contribution in [0.3, 0.4) is 0 Å². The maximum absolute atomic E-state index is 13.3. The van der Waals surface area contributed by atoms with Crippen LogP contribution in [0.5, 0.6) is 0 Å². The number of benzene rings is 1. The van der Waals surface area contributed by atoms with Crippen LogP contribution in [-0.2, 0) is 11.8 Å². The number of imide groups is 1. The van der Waals surface area contributed by atoms with Gasteiger partial charge in [0.25, 0.3) is 5.91 Å². The van der Waals surface area contributed by atoms with Gasteiger partial charge in [0.1, 0.15) is 6.04 Å². The Kier molecular flexibility index (Phi) is 5.01. The van der Waals surface area contributed by atoms with E-state index in [0.717, 1.165) is 17.5 Å². The van der Waals surface area contributed by atoms with E-state index in [1.54, 1.807) is 39.0 Å². The number of anilines is 1. The maximum Gasteiger partial charge on any atom is 0.327 e. The lowest BCUT2D eigenvalue weighted by atomic mass is 10.1. The van der Waals surface area contributed by atoms with Gasteiger partial charge in [0.15, 0.2) is 0 Å². The number of carbonyl (C=O) groups excluding carboxylic acids is 3. The standard InChI is InChI=1S/C25H25N7O3/c1-29-14-17(13-27-29)22-19(8-5-9-26-22)28-24(34)30-10-11-31-21(15-30)23(33)32(25(31)35)20-12-18(20)16-6-3-2-4-7-16/h2-9,13-14,18,20-21H,10-12,15H2,1H3,(H,28,34)/t18-,20+,21?/m1/s1. The van der Waals surface area contributed by atoms with Crippen LogP contribution in [0.4, 0.5) is 15.3 Å². The summed E-state index contributed by atoms with van der Waals surface area (Å²) in [6.07, 6.45) is 5.96. The van der Waals surface area contributed by atoms with Crippen LogP contribution in [0.25, 0.3) is 11.3 Å². The molecular weight excluding hydrogens is 446 g/mol. The van der Waals surface area contributed by atoms with Crippen LogP contribution in [0.2, 0.25) is 0 Å². The Morgan fingerprint density at radius 1 is 1.09 bits per heavy atom. The molecule has 1 unspecified atom stereocenters. The largest absolute Gasteiger partial charge is 0.327 e. The lowest BCUT2D eigenvalue weighted by Crippen LogP contribution is -2.55. The zero-order valence-electron chi connectivity index (χ0n) is 19.2. The second kappa shape index (κ2) is 8.23. The van der Waals surface area contributed by atoms with Crippen molar-refractivity contribution in [2.45, 2.75) is 24.4 Å². The van der Waals surface area contributed by atoms with Gasteiger partial charge in [0.2, 0.25) is 0 Å². The Balaban J connectivity index is 1.15. The van der Waals surface area contributed by atoms with Gasteiger partial charge in [-0.15, -0.1) is 0 Å². The van der Waals surface area contributed by atoms with Crippen molar-refractivity contribution in [2.24, 2.45) is 7.05 Å². The summed E-state index contributed by atoms with van der Waals surface area (Å²) >= 11 is 0. The number of hydrogen-bond donors (Lipinski definition) is 1. The summed E-state index contributed by atoms with van der Waals surface area (Å²) in [5.41, 5.74) is 3.11. The van der Waals surface area contributed by atoms with Gasteiger partial charge in [-0.3, -0.25) is 19.4 Å². The summed E-state index contributed by atoms with van der Waals surface area (Å²) < 4.78 is 1.67. The molecule has 1 saturated carbocycles. The summed E-state index contributed by atoms with van der Waals surface area (Å²) in [4.78, 5) is 48.5. The highest BCUT2D eigenvalue weighted by molar-refractivity contribution is 6.06. The molecule has 1 N–H and O–H groups in total. The molecule has 178 valence electrons. The Bertz CT molecular complexity index is 1310. The summed E-state index contributed by atoms with van der Waals surface area (Å²) in [6.45, 7) is 0.840. The van der Waals surface area contributed by atoms with Gasteiger partial charge in [0.05, 0.1) is 24.1 Å². The van der Waals surface area contributed by atoms with E-state index in [0.29, 0.717) is 24.5 Å². The molecule has 10 heteroatoms. The highest BCUT2D eigenvalue weighted by Gasteiger charge is 2.56. The third-order valence-electron chi connectivity index (χ3n) is 6.99. The second-order valence-corrected chi connectivity index (χ2v) is 9.20. The molecule has 6 rings (SSSR count). The lowest BCUT2D eigenvalue weighted by molar-refractivity contribution is -0.129. The molecule has 2 aromatic heterocycles. The van der Waals surface area contributed by atoms with Crippen molar-refractivity contribution >= 4 is 23.7 Å². The van der Waals surface area contributed by atoms with Crippen molar-refractivity contribution < 1.29 is 14.4 Å². The van der Waals surface area contributed by atoms with Crippen molar-refractivity contribution in [3.8, 4) is 11.3 Å². The number of nitrogens with one attached hydrogen (secondary N) is 1. The molecule has 3 atom stereocenters. The first kappa shape index (κ1) is 21.3. The predicted octanol–water partition coefficient (Wildman–Crippen LogP) is 2.52. The Hall–Kier alpha value is -4.21. The maximum atomic E-state index is 13.3. The monoisotopic (exact) mass is 471 g/mol. The predicted molar refractivity (Wildman–Crippen MR) is 127 cm³/mol. The van der Waals surface area contributed by atoms with Gasteiger partial charge in [-0.25, -0.2) is 9.59 Å². The van der Waals surface area contributed by atoms with E-state index in [2.05, 4.69) is 15.4 Å². The van der Waals surface area contributed by atoms with E-state index in [1.165, 1.54) is 4.90 Å². The van der Waals surface area contributed by atoms with Crippen molar-refractivity contribution in [1.82, 2.24) is 29.5 Å². The molecule has 1 aromatic carbocycles. The number of pyridine rings is 1. The molecule has 1 aliphatic carbocycles. The smallest absolute Gasteiger partial charge is 0.320 e. The van der Waals surface area contributed by atoms with Gasteiger partial charge in [0, 0.05) is 50.1 Å². The van der Waals surface area contributed by atoms with Gasteiger partial charge < -0.3 is 15.1 Å². The summed E-state index contributed by atoms with van der Waals surface area (Å²) in [7, 11) is 1.82. The zero-order valence-corrected chi connectivity index (χ0v) is 19.2. The molecule has 3 aliphatic rings. The molecule has 4 heterocycles. The average molecular weight is 472 g/mol. The van der Waals surface area contributed by atoms with Gasteiger partial charge in [-0.1, -0.05) is 30.3 Å². The van der Waals surface area contributed by atoms with Gasteiger partial charge in [-0.2, -0.15) is 5.10 Å². The van der Waals surface area contributed by atoms with E-state index in [-0.39, 0.29) is 36.5 Å². The number of aryl methyl sites for hydroxylation is 1.